The third-order valence-electron chi connectivity index (χ3n) is 3.66. The monoisotopic (exact) mass is 410 g/mol. The zero-order valence-corrected chi connectivity index (χ0v) is 16.6. The molecule has 0 aromatic heterocycles. The number of hydrogen-bond donors (Lipinski definition) is 2. The average molecular weight is 410 g/mol. The summed E-state index contributed by atoms with van der Waals surface area (Å²) < 4.78 is 9.88. The number of hydrogen-bond acceptors (Lipinski definition) is 6. The lowest BCUT2D eigenvalue weighted by molar-refractivity contribution is -0.144. The summed E-state index contributed by atoms with van der Waals surface area (Å²) in [5.41, 5.74) is 1.38. The van der Waals surface area contributed by atoms with E-state index in [0.29, 0.717) is 16.8 Å². The molecule has 0 saturated heterocycles. The van der Waals surface area contributed by atoms with Crippen LogP contribution in [-0.4, -0.2) is 37.0 Å². The van der Waals surface area contributed by atoms with Gasteiger partial charge in [0.05, 0.1) is 12.2 Å². The summed E-state index contributed by atoms with van der Waals surface area (Å²) >= 11 is 0. The van der Waals surface area contributed by atoms with Crippen molar-refractivity contribution in [3.05, 3.63) is 71.4 Å². The Morgan fingerprint density at radius 3 is 2.20 bits per heavy atom. The Balaban J connectivity index is 1.94. The molecule has 0 radical (unpaired) electrons. The Hall–Kier alpha value is -3.94. The maximum Gasteiger partial charge on any atom is 0.355 e. The van der Waals surface area contributed by atoms with Gasteiger partial charge in [0.25, 0.3) is 5.91 Å². The highest BCUT2D eigenvalue weighted by Gasteiger charge is 2.15. The highest BCUT2D eigenvalue weighted by molar-refractivity contribution is 5.99. The summed E-state index contributed by atoms with van der Waals surface area (Å²) in [6.07, 6.45) is 1.45. The van der Waals surface area contributed by atoms with Crippen LogP contribution in [0.4, 0.5) is 5.69 Å². The maximum absolute atomic E-state index is 12.3. The van der Waals surface area contributed by atoms with Crippen LogP contribution in [0.2, 0.25) is 0 Å². The highest BCUT2D eigenvalue weighted by Crippen LogP contribution is 2.11. The van der Waals surface area contributed by atoms with Gasteiger partial charge in [0.2, 0.25) is 5.91 Å². The number of nitrogens with one attached hydrogen (secondary N) is 2. The number of carbonyl (C=O) groups excluding carboxylic acids is 4. The molecule has 0 aliphatic heterocycles. The lowest BCUT2D eigenvalue weighted by atomic mass is 10.2. The SMILES string of the molecule is CCOC(=O)c1ccc(NC(=O)COC(=O)/C(=C/c2ccccc2)NC(C)=O)cc1. The van der Waals surface area contributed by atoms with Crippen molar-refractivity contribution >= 4 is 35.5 Å². The lowest BCUT2D eigenvalue weighted by Gasteiger charge is -2.10. The van der Waals surface area contributed by atoms with E-state index in [-0.39, 0.29) is 12.3 Å². The van der Waals surface area contributed by atoms with Crippen LogP contribution in [0.15, 0.2) is 60.3 Å². The van der Waals surface area contributed by atoms with Gasteiger partial charge >= 0.3 is 11.9 Å². The van der Waals surface area contributed by atoms with Gasteiger partial charge in [-0.25, -0.2) is 9.59 Å². The number of esters is 2. The van der Waals surface area contributed by atoms with E-state index in [0.717, 1.165) is 0 Å². The molecule has 156 valence electrons. The largest absolute Gasteiger partial charge is 0.462 e. The van der Waals surface area contributed by atoms with E-state index < -0.39 is 30.4 Å². The van der Waals surface area contributed by atoms with Crippen LogP contribution in [-0.2, 0) is 23.9 Å². The van der Waals surface area contributed by atoms with Gasteiger partial charge in [-0.3, -0.25) is 9.59 Å². The molecule has 30 heavy (non-hydrogen) atoms. The van der Waals surface area contributed by atoms with Crippen LogP contribution in [0.5, 0.6) is 0 Å². The molecule has 2 aromatic carbocycles. The second kappa shape index (κ2) is 11.2. The predicted octanol–water partition coefficient (Wildman–Crippen LogP) is 2.52. The summed E-state index contributed by atoms with van der Waals surface area (Å²) in [6, 6.07) is 15.0. The number of ether oxygens (including phenoxy) is 2. The van der Waals surface area contributed by atoms with Gasteiger partial charge in [-0.2, -0.15) is 0 Å². The first-order valence-electron chi connectivity index (χ1n) is 9.17. The first-order valence-corrected chi connectivity index (χ1v) is 9.17. The number of benzene rings is 2. The standard InChI is InChI=1S/C22H22N2O6/c1-3-29-21(27)17-9-11-18(12-10-17)24-20(26)14-30-22(28)19(23-15(2)25)13-16-7-5-4-6-8-16/h4-13H,3,14H2,1-2H3,(H,23,25)(H,24,26)/b19-13-. The van der Waals surface area contributed by atoms with E-state index in [9.17, 15) is 19.2 Å². The molecule has 2 rings (SSSR count). The Bertz CT molecular complexity index is 936. The van der Waals surface area contributed by atoms with Gasteiger partial charge in [-0.15, -0.1) is 0 Å². The molecule has 0 heterocycles. The fraction of sp³-hybridized carbons (Fsp3) is 0.182. The fourth-order valence-electron chi connectivity index (χ4n) is 2.36. The topological polar surface area (TPSA) is 111 Å². The lowest BCUT2D eigenvalue weighted by Crippen LogP contribution is -2.28. The molecule has 8 nitrogen and oxygen atoms in total. The van der Waals surface area contributed by atoms with E-state index in [1.54, 1.807) is 31.2 Å². The van der Waals surface area contributed by atoms with Crippen LogP contribution in [0.3, 0.4) is 0 Å². The molecule has 0 unspecified atom stereocenters. The van der Waals surface area contributed by atoms with E-state index in [1.807, 2.05) is 6.07 Å². The number of anilines is 1. The zero-order chi connectivity index (χ0) is 21.9. The summed E-state index contributed by atoms with van der Waals surface area (Å²) in [7, 11) is 0. The van der Waals surface area contributed by atoms with Crippen molar-refractivity contribution in [1.29, 1.82) is 0 Å². The van der Waals surface area contributed by atoms with Gasteiger partial charge < -0.3 is 20.1 Å². The van der Waals surface area contributed by atoms with Gasteiger partial charge in [-0.05, 0) is 42.8 Å². The molecular formula is C22H22N2O6. The summed E-state index contributed by atoms with van der Waals surface area (Å²) in [6.45, 7) is 2.69. The summed E-state index contributed by atoms with van der Waals surface area (Å²) in [4.78, 5) is 47.3. The van der Waals surface area contributed by atoms with Crippen molar-refractivity contribution in [2.75, 3.05) is 18.5 Å². The van der Waals surface area contributed by atoms with Crippen molar-refractivity contribution < 1.29 is 28.7 Å². The molecule has 0 aliphatic carbocycles. The van der Waals surface area contributed by atoms with Crippen LogP contribution >= 0.6 is 0 Å². The van der Waals surface area contributed by atoms with Crippen molar-refractivity contribution in [3.8, 4) is 0 Å². The Morgan fingerprint density at radius 1 is 0.933 bits per heavy atom. The second-order valence-electron chi connectivity index (χ2n) is 6.07. The predicted molar refractivity (Wildman–Crippen MR) is 110 cm³/mol. The van der Waals surface area contributed by atoms with Crippen molar-refractivity contribution in [2.45, 2.75) is 13.8 Å². The molecule has 0 aliphatic rings. The van der Waals surface area contributed by atoms with Crippen molar-refractivity contribution in [2.24, 2.45) is 0 Å². The van der Waals surface area contributed by atoms with Crippen LogP contribution in [0.1, 0.15) is 29.8 Å². The Morgan fingerprint density at radius 2 is 1.60 bits per heavy atom. The minimum Gasteiger partial charge on any atom is -0.462 e. The Kier molecular flexibility index (Phi) is 8.31. The molecule has 2 aromatic rings. The molecule has 0 atom stereocenters. The van der Waals surface area contributed by atoms with Crippen LogP contribution in [0, 0.1) is 0 Å². The smallest absolute Gasteiger partial charge is 0.355 e. The minimum absolute atomic E-state index is 0.0831. The fourth-order valence-corrected chi connectivity index (χ4v) is 2.36. The van der Waals surface area contributed by atoms with Gasteiger partial charge in [-0.1, -0.05) is 30.3 Å². The van der Waals surface area contributed by atoms with Gasteiger partial charge in [0.15, 0.2) is 6.61 Å². The molecule has 0 bridgehead atoms. The molecule has 0 saturated carbocycles. The number of amides is 2. The van der Waals surface area contributed by atoms with Crippen molar-refractivity contribution in [1.82, 2.24) is 5.32 Å². The van der Waals surface area contributed by atoms with E-state index in [1.165, 1.54) is 37.3 Å². The van der Waals surface area contributed by atoms with Gasteiger partial charge in [0, 0.05) is 12.6 Å². The summed E-state index contributed by atoms with van der Waals surface area (Å²) in [5.74, 6) is -2.32. The van der Waals surface area contributed by atoms with Crippen LogP contribution < -0.4 is 10.6 Å². The number of carbonyl (C=O) groups is 4. The average Bonchev–Trinajstić information content (AvgIpc) is 2.72. The normalized spacial score (nSPS) is 10.7. The van der Waals surface area contributed by atoms with E-state index in [2.05, 4.69) is 10.6 Å². The minimum atomic E-state index is -0.845. The third-order valence-corrected chi connectivity index (χ3v) is 3.66. The molecule has 2 amide bonds. The van der Waals surface area contributed by atoms with Crippen molar-refractivity contribution in [3.63, 3.8) is 0 Å². The second-order valence-corrected chi connectivity index (χ2v) is 6.07. The molecule has 0 spiro atoms. The number of rotatable bonds is 8. The third kappa shape index (κ3) is 7.23. The maximum atomic E-state index is 12.3. The zero-order valence-electron chi connectivity index (χ0n) is 16.6. The van der Waals surface area contributed by atoms with Gasteiger partial charge in [0.1, 0.15) is 5.70 Å². The quantitative estimate of drug-likeness (QED) is 0.511. The molecule has 2 N–H and O–H groups in total. The summed E-state index contributed by atoms with van der Waals surface area (Å²) in [5, 5.41) is 4.95. The Labute approximate surface area is 173 Å². The molecular weight excluding hydrogens is 388 g/mol. The molecule has 0 fully saturated rings. The first-order chi connectivity index (χ1) is 14.4. The van der Waals surface area contributed by atoms with E-state index >= 15 is 0 Å². The van der Waals surface area contributed by atoms with E-state index in [4.69, 9.17) is 9.47 Å². The molecule has 8 heteroatoms. The highest BCUT2D eigenvalue weighted by atomic mass is 16.5. The first kappa shape index (κ1) is 22.4. The van der Waals surface area contributed by atoms with Crippen LogP contribution in [0.25, 0.3) is 6.08 Å².